The van der Waals surface area contributed by atoms with E-state index in [4.69, 9.17) is 5.11 Å². The Balaban J connectivity index is 2.13. The van der Waals surface area contributed by atoms with E-state index in [1.807, 2.05) is 54.0 Å². The summed E-state index contributed by atoms with van der Waals surface area (Å²) >= 11 is 0. The van der Waals surface area contributed by atoms with Gasteiger partial charge in [-0.25, -0.2) is 9.97 Å². The molecular weight excluding hydrogens is 226 g/mol. The lowest BCUT2D eigenvalue weighted by molar-refractivity contribution is 0.282. The van der Waals surface area contributed by atoms with Crippen LogP contribution in [0.1, 0.15) is 11.3 Å². The van der Waals surface area contributed by atoms with Crippen molar-refractivity contribution >= 4 is 5.78 Å². The first kappa shape index (κ1) is 10.9. The predicted molar refractivity (Wildman–Crippen MR) is 69.1 cm³/mol. The Morgan fingerprint density at radius 3 is 2.94 bits per heavy atom. The number of aliphatic hydroxyl groups excluding tert-OH is 1. The van der Waals surface area contributed by atoms with Crippen LogP contribution in [-0.2, 0) is 6.61 Å². The zero-order chi connectivity index (χ0) is 12.5. The second kappa shape index (κ2) is 4.23. The summed E-state index contributed by atoms with van der Waals surface area (Å²) in [4.78, 5) is 8.86. The Morgan fingerprint density at radius 1 is 1.22 bits per heavy atom. The number of rotatable bonds is 2. The molecule has 0 spiro atoms. The summed E-state index contributed by atoms with van der Waals surface area (Å²) in [6.07, 6.45) is 3.89. The zero-order valence-corrected chi connectivity index (χ0v) is 10.0. The molecule has 2 aromatic heterocycles. The van der Waals surface area contributed by atoms with E-state index in [1.54, 1.807) is 0 Å². The molecule has 2 heterocycles. The van der Waals surface area contributed by atoms with Gasteiger partial charge in [-0.3, -0.25) is 4.40 Å². The quantitative estimate of drug-likeness (QED) is 0.745. The summed E-state index contributed by atoms with van der Waals surface area (Å²) in [7, 11) is 0. The molecule has 0 saturated heterocycles. The van der Waals surface area contributed by atoms with Crippen molar-refractivity contribution in [2.75, 3.05) is 0 Å². The number of hydrogen-bond donors (Lipinski definition) is 1. The molecule has 3 rings (SSSR count). The van der Waals surface area contributed by atoms with Gasteiger partial charge in [0.05, 0.1) is 12.3 Å². The fraction of sp³-hybridized carbons (Fsp3) is 0.143. The third kappa shape index (κ3) is 1.87. The Kier molecular flexibility index (Phi) is 2.57. The highest BCUT2D eigenvalue weighted by atomic mass is 16.3. The standard InChI is InChI=1S/C14H13N3O/c1-10-5-6-17-8-13(16-14(17)15-10)12-4-2-3-11(7-12)9-18/h2-8,18H,9H2,1H3. The van der Waals surface area contributed by atoms with Crippen LogP contribution in [-0.4, -0.2) is 19.5 Å². The van der Waals surface area contributed by atoms with E-state index in [9.17, 15) is 0 Å². The molecular formula is C14H13N3O. The van der Waals surface area contributed by atoms with Crippen LogP contribution in [0.15, 0.2) is 42.7 Å². The molecule has 0 unspecified atom stereocenters. The summed E-state index contributed by atoms with van der Waals surface area (Å²) in [5.41, 5.74) is 3.69. The van der Waals surface area contributed by atoms with Crippen LogP contribution >= 0.6 is 0 Å². The second-order valence-corrected chi connectivity index (χ2v) is 4.26. The summed E-state index contributed by atoms with van der Waals surface area (Å²) in [6.45, 7) is 1.99. The van der Waals surface area contributed by atoms with Gasteiger partial charge in [0.25, 0.3) is 0 Å². The van der Waals surface area contributed by atoms with Gasteiger partial charge in [0, 0.05) is 23.7 Å². The molecule has 1 aromatic carbocycles. The van der Waals surface area contributed by atoms with E-state index < -0.39 is 0 Å². The molecule has 0 bridgehead atoms. The van der Waals surface area contributed by atoms with Crippen LogP contribution in [0.5, 0.6) is 0 Å². The van der Waals surface area contributed by atoms with Crippen molar-refractivity contribution in [2.45, 2.75) is 13.5 Å². The number of aryl methyl sites for hydroxylation is 1. The molecule has 0 atom stereocenters. The Labute approximate surface area is 105 Å². The molecule has 0 fully saturated rings. The molecule has 1 N–H and O–H groups in total. The first-order chi connectivity index (χ1) is 8.76. The third-order valence-electron chi connectivity index (χ3n) is 2.87. The Hall–Kier alpha value is -2.20. The topological polar surface area (TPSA) is 50.4 Å². The van der Waals surface area contributed by atoms with Crippen LogP contribution in [0.2, 0.25) is 0 Å². The molecule has 18 heavy (non-hydrogen) atoms. The summed E-state index contributed by atoms with van der Waals surface area (Å²) in [5.74, 6) is 0.694. The molecule has 3 aromatic rings. The van der Waals surface area contributed by atoms with E-state index in [-0.39, 0.29) is 6.61 Å². The molecule has 0 aliphatic rings. The predicted octanol–water partition coefficient (Wildman–Crippen LogP) is 2.20. The highest BCUT2D eigenvalue weighted by molar-refractivity contribution is 5.62. The van der Waals surface area contributed by atoms with E-state index in [2.05, 4.69) is 9.97 Å². The number of imidazole rings is 1. The average molecular weight is 239 g/mol. The molecule has 90 valence electrons. The number of aromatic nitrogens is 3. The lowest BCUT2D eigenvalue weighted by Crippen LogP contribution is -1.88. The van der Waals surface area contributed by atoms with Gasteiger partial charge in [0.1, 0.15) is 0 Å². The first-order valence-corrected chi connectivity index (χ1v) is 5.79. The van der Waals surface area contributed by atoms with Crippen molar-refractivity contribution in [3.63, 3.8) is 0 Å². The van der Waals surface area contributed by atoms with Crippen molar-refractivity contribution in [2.24, 2.45) is 0 Å². The highest BCUT2D eigenvalue weighted by Gasteiger charge is 2.05. The number of nitrogens with zero attached hydrogens (tertiary/aromatic N) is 3. The molecule has 0 saturated carbocycles. The van der Waals surface area contributed by atoms with Crippen LogP contribution < -0.4 is 0 Å². The van der Waals surface area contributed by atoms with E-state index in [1.165, 1.54) is 0 Å². The Morgan fingerprint density at radius 2 is 2.11 bits per heavy atom. The van der Waals surface area contributed by atoms with Gasteiger partial charge in [-0.1, -0.05) is 18.2 Å². The Bertz CT molecular complexity index is 703. The van der Waals surface area contributed by atoms with Gasteiger partial charge in [0.2, 0.25) is 5.78 Å². The zero-order valence-electron chi connectivity index (χ0n) is 10.0. The molecule has 0 aliphatic heterocycles. The van der Waals surface area contributed by atoms with Gasteiger partial charge < -0.3 is 5.11 Å². The van der Waals surface area contributed by atoms with E-state index >= 15 is 0 Å². The van der Waals surface area contributed by atoms with Crippen molar-refractivity contribution in [3.8, 4) is 11.3 Å². The average Bonchev–Trinajstić information content (AvgIpc) is 2.81. The van der Waals surface area contributed by atoms with Crippen LogP contribution in [0.25, 0.3) is 17.0 Å². The van der Waals surface area contributed by atoms with E-state index in [0.29, 0.717) is 5.78 Å². The first-order valence-electron chi connectivity index (χ1n) is 5.79. The number of aliphatic hydroxyl groups is 1. The number of hydrogen-bond acceptors (Lipinski definition) is 3. The molecule has 4 heteroatoms. The fourth-order valence-electron chi connectivity index (χ4n) is 1.93. The van der Waals surface area contributed by atoms with Crippen molar-refractivity contribution < 1.29 is 5.11 Å². The number of benzene rings is 1. The second-order valence-electron chi connectivity index (χ2n) is 4.26. The van der Waals surface area contributed by atoms with Gasteiger partial charge in [-0.05, 0) is 24.6 Å². The van der Waals surface area contributed by atoms with Crippen LogP contribution in [0.4, 0.5) is 0 Å². The van der Waals surface area contributed by atoms with E-state index in [0.717, 1.165) is 22.5 Å². The molecule has 4 nitrogen and oxygen atoms in total. The largest absolute Gasteiger partial charge is 0.392 e. The monoisotopic (exact) mass is 239 g/mol. The van der Waals surface area contributed by atoms with Gasteiger partial charge in [-0.15, -0.1) is 0 Å². The van der Waals surface area contributed by atoms with Crippen molar-refractivity contribution in [1.82, 2.24) is 14.4 Å². The molecule has 0 radical (unpaired) electrons. The summed E-state index contributed by atoms with van der Waals surface area (Å²) in [5, 5.41) is 9.15. The summed E-state index contributed by atoms with van der Waals surface area (Å²) in [6, 6.07) is 9.68. The lowest BCUT2D eigenvalue weighted by atomic mass is 10.1. The fourth-order valence-corrected chi connectivity index (χ4v) is 1.93. The van der Waals surface area contributed by atoms with Gasteiger partial charge in [-0.2, -0.15) is 0 Å². The number of fused-ring (bicyclic) bond motifs is 1. The van der Waals surface area contributed by atoms with Crippen LogP contribution in [0.3, 0.4) is 0 Å². The maximum atomic E-state index is 9.15. The smallest absolute Gasteiger partial charge is 0.234 e. The molecule has 0 amide bonds. The maximum absolute atomic E-state index is 9.15. The minimum absolute atomic E-state index is 0.0402. The lowest BCUT2D eigenvalue weighted by Gasteiger charge is -1.99. The van der Waals surface area contributed by atoms with Crippen molar-refractivity contribution in [3.05, 3.63) is 54.0 Å². The minimum Gasteiger partial charge on any atom is -0.392 e. The third-order valence-corrected chi connectivity index (χ3v) is 2.87. The SMILES string of the molecule is Cc1ccn2cc(-c3cccc(CO)c3)nc2n1. The van der Waals surface area contributed by atoms with Crippen LogP contribution in [0, 0.1) is 6.92 Å². The highest BCUT2D eigenvalue weighted by Crippen LogP contribution is 2.19. The van der Waals surface area contributed by atoms with Crippen molar-refractivity contribution in [1.29, 1.82) is 0 Å². The maximum Gasteiger partial charge on any atom is 0.234 e. The van der Waals surface area contributed by atoms with Gasteiger partial charge in [0.15, 0.2) is 0 Å². The summed E-state index contributed by atoms with van der Waals surface area (Å²) < 4.78 is 1.90. The minimum atomic E-state index is 0.0402. The van der Waals surface area contributed by atoms with Gasteiger partial charge >= 0.3 is 0 Å². The molecule has 0 aliphatic carbocycles. The normalized spacial score (nSPS) is 11.0.